The smallest absolute Gasteiger partial charge is 0.236 e. The Labute approximate surface area is 139 Å². The molecule has 4 heteroatoms. The van der Waals surface area contributed by atoms with Gasteiger partial charge in [0.15, 0.2) is 0 Å². The molecule has 1 aliphatic heterocycles. The highest BCUT2D eigenvalue weighted by atomic mass is 16.2. The number of carbonyl (C=O) groups is 1. The number of nitrogens with two attached hydrogens (primary N) is 1. The lowest BCUT2D eigenvalue weighted by molar-refractivity contribution is -0.126. The number of hydrogen-bond donors (Lipinski definition) is 2. The highest BCUT2D eigenvalue weighted by Gasteiger charge is 2.49. The van der Waals surface area contributed by atoms with Crippen LogP contribution in [0.4, 0.5) is 0 Å². The molecule has 2 aliphatic rings. The van der Waals surface area contributed by atoms with Gasteiger partial charge in [-0.2, -0.15) is 0 Å². The highest BCUT2D eigenvalue weighted by Crippen LogP contribution is 2.50. The number of nitrogens with zero attached hydrogens (tertiary/aromatic N) is 1. The van der Waals surface area contributed by atoms with Crippen molar-refractivity contribution in [1.82, 2.24) is 5.32 Å². The van der Waals surface area contributed by atoms with Crippen LogP contribution in [0.25, 0.3) is 0 Å². The van der Waals surface area contributed by atoms with Gasteiger partial charge in [0.25, 0.3) is 0 Å². The maximum absolute atomic E-state index is 12.4. The molecule has 0 aromatic heterocycles. The largest absolute Gasteiger partial charge is 0.399 e. The van der Waals surface area contributed by atoms with E-state index >= 15 is 0 Å². The van der Waals surface area contributed by atoms with Gasteiger partial charge in [-0.3, -0.25) is 4.79 Å². The van der Waals surface area contributed by atoms with Crippen LogP contribution < -0.4 is 11.1 Å². The van der Waals surface area contributed by atoms with Gasteiger partial charge < -0.3 is 11.1 Å². The molecule has 1 unspecified atom stereocenters. The van der Waals surface area contributed by atoms with E-state index in [4.69, 9.17) is 5.73 Å². The first-order chi connectivity index (χ1) is 11.0. The first-order valence-electron chi connectivity index (χ1n) is 7.94. The molecule has 0 aromatic carbocycles. The molecule has 0 bridgehead atoms. The molecule has 0 aromatic rings. The zero-order valence-electron chi connectivity index (χ0n) is 14.6. The van der Waals surface area contributed by atoms with Crippen molar-refractivity contribution in [2.75, 3.05) is 0 Å². The van der Waals surface area contributed by atoms with Gasteiger partial charge in [-0.25, -0.2) is 4.99 Å². The lowest BCUT2D eigenvalue weighted by atomic mass is 9.77. The topological polar surface area (TPSA) is 67.5 Å². The molecule has 1 heterocycles. The Balaban J connectivity index is 0.00000127. The third-order valence-corrected chi connectivity index (χ3v) is 4.25. The predicted molar refractivity (Wildman–Crippen MR) is 97.7 cm³/mol. The van der Waals surface area contributed by atoms with E-state index in [-0.39, 0.29) is 5.91 Å². The van der Waals surface area contributed by atoms with E-state index < -0.39 is 5.41 Å². The zero-order chi connectivity index (χ0) is 17.6. The minimum absolute atomic E-state index is 0.0385. The summed E-state index contributed by atoms with van der Waals surface area (Å²) in [5.74, 6) is 0.483. The molecular formula is C19H27N3O. The van der Waals surface area contributed by atoms with Crippen LogP contribution in [0.3, 0.4) is 0 Å². The number of nitrogens with one attached hydrogen (secondary N) is 1. The Morgan fingerprint density at radius 1 is 1.48 bits per heavy atom. The minimum atomic E-state index is -0.606. The summed E-state index contributed by atoms with van der Waals surface area (Å²) in [5.41, 5.74) is 9.10. The van der Waals surface area contributed by atoms with Gasteiger partial charge in [-0.15, -0.1) is 0 Å². The second-order valence-electron chi connectivity index (χ2n) is 5.35. The van der Waals surface area contributed by atoms with Crippen molar-refractivity contribution in [2.45, 2.75) is 40.5 Å². The average Bonchev–Trinajstić information content (AvgIpc) is 3.12. The van der Waals surface area contributed by atoms with Crippen LogP contribution >= 0.6 is 0 Å². The molecule has 1 atom stereocenters. The summed E-state index contributed by atoms with van der Waals surface area (Å²) in [4.78, 5) is 16.3. The van der Waals surface area contributed by atoms with E-state index in [0.717, 1.165) is 22.4 Å². The third kappa shape index (κ3) is 3.21. The summed E-state index contributed by atoms with van der Waals surface area (Å²) in [6.07, 6.45) is 8.81. The molecular weight excluding hydrogens is 286 g/mol. The molecule has 0 fully saturated rings. The van der Waals surface area contributed by atoms with Gasteiger partial charge in [0.2, 0.25) is 5.91 Å². The van der Waals surface area contributed by atoms with E-state index in [1.54, 1.807) is 6.08 Å². The monoisotopic (exact) mass is 313 g/mol. The van der Waals surface area contributed by atoms with Crippen LogP contribution in [-0.2, 0) is 4.79 Å². The molecule has 1 amide bonds. The summed E-state index contributed by atoms with van der Waals surface area (Å²) in [7, 11) is 0. The second kappa shape index (κ2) is 7.77. The van der Waals surface area contributed by atoms with Crippen LogP contribution in [0.2, 0.25) is 0 Å². The summed E-state index contributed by atoms with van der Waals surface area (Å²) in [6, 6.07) is 0. The Morgan fingerprint density at radius 2 is 2.13 bits per heavy atom. The SMILES string of the molecule is C=CC1=C(N=C)NC(=O)C12CC=C(/C(C)=C(N)\C=C/C)C2.CC. The summed E-state index contributed by atoms with van der Waals surface area (Å²) >= 11 is 0. The lowest BCUT2D eigenvalue weighted by Gasteiger charge is -2.23. The molecule has 124 valence electrons. The van der Waals surface area contributed by atoms with Gasteiger partial charge in [-0.05, 0) is 50.6 Å². The van der Waals surface area contributed by atoms with Crippen molar-refractivity contribution in [1.29, 1.82) is 0 Å². The van der Waals surface area contributed by atoms with Gasteiger partial charge in [0.05, 0.1) is 5.41 Å². The quantitative estimate of drug-likeness (QED) is 0.613. The van der Waals surface area contributed by atoms with E-state index in [1.165, 1.54) is 0 Å². The number of hydrogen-bond acceptors (Lipinski definition) is 3. The Kier molecular flexibility index (Phi) is 6.31. The van der Waals surface area contributed by atoms with Crippen molar-refractivity contribution in [2.24, 2.45) is 16.1 Å². The number of rotatable bonds is 4. The van der Waals surface area contributed by atoms with Crippen molar-refractivity contribution < 1.29 is 4.79 Å². The number of amides is 1. The highest BCUT2D eigenvalue weighted by molar-refractivity contribution is 5.93. The van der Waals surface area contributed by atoms with Crippen molar-refractivity contribution >= 4 is 12.6 Å². The molecule has 23 heavy (non-hydrogen) atoms. The van der Waals surface area contributed by atoms with Crippen molar-refractivity contribution in [3.05, 3.63) is 59.1 Å². The zero-order valence-corrected chi connectivity index (χ0v) is 14.6. The van der Waals surface area contributed by atoms with Crippen molar-refractivity contribution in [3.63, 3.8) is 0 Å². The first-order valence-corrected chi connectivity index (χ1v) is 7.94. The van der Waals surface area contributed by atoms with E-state index in [2.05, 4.69) is 29.7 Å². The van der Waals surface area contributed by atoms with Gasteiger partial charge in [0.1, 0.15) is 5.82 Å². The molecule has 4 nitrogen and oxygen atoms in total. The Morgan fingerprint density at radius 3 is 2.65 bits per heavy atom. The van der Waals surface area contributed by atoms with Crippen LogP contribution in [0.15, 0.2) is 64.1 Å². The maximum Gasteiger partial charge on any atom is 0.236 e. The van der Waals surface area contributed by atoms with Crippen molar-refractivity contribution in [3.8, 4) is 0 Å². The van der Waals surface area contributed by atoms with Crippen LogP contribution in [0.5, 0.6) is 0 Å². The maximum atomic E-state index is 12.4. The fraction of sp³-hybridized carbons (Fsp3) is 0.368. The molecule has 1 aliphatic carbocycles. The van der Waals surface area contributed by atoms with Crippen LogP contribution in [-0.4, -0.2) is 12.6 Å². The number of carbonyl (C=O) groups excluding carboxylic acids is 1. The lowest BCUT2D eigenvalue weighted by Crippen LogP contribution is -2.32. The third-order valence-electron chi connectivity index (χ3n) is 4.25. The Hall–Kier alpha value is -2.36. The van der Waals surface area contributed by atoms with E-state index in [9.17, 15) is 4.79 Å². The number of aliphatic imine (C=N–C) groups is 1. The molecule has 3 N–H and O–H groups in total. The predicted octanol–water partition coefficient (Wildman–Crippen LogP) is 3.76. The molecule has 1 spiro atoms. The average molecular weight is 313 g/mol. The first kappa shape index (κ1) is 18.7. The van der Waals surface area contributed by atoms with Gasteiger partial charge in [-0.1, -0.05) is 38.7 Å². The van der Waals surface area contributed by atoms with Gasteiger partial charge >= 0.3 is 0 Å². The van der Waals surface area contributed by atoms with E-state index in [1.807, 2.05) is 39.8 Å². The summed E-state index contributed by atoms with van der Waals surface area (Å²) < 4.78 is 0. The fourth-order valence-electron chi connectivity index (χ4n) is 2.98. The standard InChI is InChI=1S/C17H21N3O.C2H6/c1-5-7-14(18)11(3)12-8-9-17(10-12)13(6-2)15(19-4)20-16(17)21;1-2/h5-8H,2,4,9-10,18H2,1,3H3,(H,20,21);1-2H3/b7-5-,14-11+;. The molecule has 2 rings (SSSR count). The van der Waals surface area contributed by atoms with Gasteiger partial charge in [0, 0.05) is 11.3 Å². The summed E-state index contributed by atoms with van der Waals surface area (Å²) in [6.45, 7) is 15.2. The van der Waals surface area contributed by atoms with E-state index in [0.29, 0.717) is 18.7 Å². The Bertz CT molecular complexity index is 635. The molecule has 0 saturated heterocycles. The van der Waals surface area contributed by atoms with Crippen LogP contribution in [0, 0.1) is 5.41 Å². The second-order valence-corrected chi connectivity index (χ2v) is 5.35. The minimum Gasteiger partial charge on any atom is -0.399 e. The molecule has 0 saturated carbocycles. The normalized spacial score (nSPS) is 24.2. The van der Waals surface area contributed by atoms with Crippen LogP contribution in [0.1, 0.15) is 40.5 Å². The molecule has 0 radical (unpaired) electrons. The fourth-order valence-corrected chi connectivity index (χ4v) is 2.98. The summed E-state index contributed by atoms with van der Waals surface area (Å²) in [5, 5.41) is 2.80. The number of allylic oxidation sites excluding steroid dienone is 6.